The van der Waals surface area contributed by atoms with E-state index in [9.17, 15) is 8.42 Å². The van der Waals surface area contributed by atoms with E-state index in [-0.39, 0.29) is 10.7 Å². The van der Waals surface area contributed by atoms with Gasteiger partial charge in [0.1, 0.15) is 4.90 Å². The largest absolute Gasteiger partial charge is 0.381 e. The van der Waals surface area contributed by atoms with Gasteiger partial charge in [0, 0.05) is 19.8 Å². The Morgan fingerprint density at radius 2 is 2.10 bits per heavy atom. The Balaban J connectivity index is 1.76. The lowest BCUT2D eigenvalue weighted by molar-refractivity contribution is 0.191. The second-order valence-corrected chi connectivity index (χ2v) is 7.56. The van der Waals surface area contributed by atoms with E-state index in [0.29, 0.717) is 6.54 Å². The van der Waals surface area contributed by atoms with Crippen LogP contribution in [-0.2, 0) is 17.1 Å². The van der Waals surface area contributed by atoms with Crippen LogP contribution in [0.3, 0.4) is 0 Å². The van der Waals surface area contributed by atoms with Gasteiger partial charge in [-0.15, -0.1) is 0 Å². The van der Waals surface area contributed by atoms with Gasteiger partial charge in [-0.3, -0.25) is 4.68 Å². The summed E-state index contributed by atoms with van der Waals surface area (Å²) in [5.41, 5.74) is 5.60. The molecule has 0 aliphatic carbocycles. The van der Waals surface area contributed by atoms with E-state index in [1.807, 2.05) is 0 Å². The number of nitrogens with zero attached hydrogens (tertiary/aromatic N) is 3. The van der Waals surface area contributed by atoms with Gasteiger partial charge in [-0.1, -0.05) is 6.92 Å². The number of nitrogens with one attached hydrogen (secondary N) is 1. The fourth-order valence-electron chi connectivity index (χ4n) is 2.56. The Kier molecular flexibility index (Phi) is 5.23. The van der Waals surface area contributed by atoms with E-state index in [0.717, 1.165) is 32.0 Å². The van der Waals surface area contributed by atoms with Gasteiger partial charge in [-0.2, -0.15) is 5.10 Å². The predicted molar refractivity (Wildman–Crippen MR) is 82.3 cm³/mol. The van der Waals surface area contributed by atoms with Gasteiger partial charge in [0.05, 0.1) is 0 Å². The smallest absolute Gasteiger partial charge is 0.245 e. The lowest BCUT2D eigenvalue weighted by Gasteiger charge is -2.30. The summed E-state index contributed by atoms with van der Waals surface area (Å²) in [6, 6.07) is 0. The second kappa shape index (κ2) is 6.76. The summed E-state index contributed by atoms with van der Waals surface area (Å²) < 4.78 is 28.2. The number of hydrogen-bond donors (Lipinski definition) is 2. The maximum absolute atomic E-state index is 12.1. The molecule has 0 unspecified atom stereocenters. The Labute approximate surface area is 126 Å². The first-order valence-corrected chi connectivity index (χ1v) is 8.88. The van der Waals surface area contributed by atoms with Crippen molar-refractivity contribution in [2.24, 2.45) is 13.0 Å². The first-order chi connectivity index (χ1) is 9.88. The van der Waals surface area contributed by atoms with Crippen LogP contribution in [0.5, 0.6) is 0 Å². The molecule has 0 amide bonds. The number of likely N-dealkylation sites (tertiary alicyclic amines) is 1. The van der Waals surface area contributed by atoms with Crippen LogP contribution in [0, 0.1) is 5.92 Å². The van der Waals surface area contributed by atoms with Crippen LogP contribution in [0.2, 0.25) is 0 Å². The number of nitrogens with two attached hydrogens (primary N) is 1. The zero-order chi connectivity index (χ0) is 15.5. The summed E-state index contributed by atoms with van der Waals surface area (Å²) in [6.45, 7) is 5.86. The molecular formula is C13H25N5O2S. The zero-order valence-electron chi connectivity index (χ0n) is 12.7. The van der Waals surface area contributed by atoms with Gasteiger partial charge < -0.3 is 10.6 Å². The molecule has 1 fully saturated rings. The van der Waals surface area contributed by atoms with Crippen molar-refractivity contribution in [2.45, 2.75) is 31.1 Å². The van der Waals surface area contributed by atoms with Crippen LogP contribution in [0.15, 0.2) is 11.1 Å². The molecule has 1 saturated heterocycles. The van der Waals surface area contributed by atoms with Crippen molar-refractivity contribution in [3.8, 4) is 0 Å². The van der Waals surface area contributed by atoms with E-state index < -0.39 is 10.0 Å². The highest BCUT2D eigenvalue weighted by atomic mass is 32.2. The normalized spacial score (nSPS) is 18.2. The predicted octanol–water partition coefficient (Wildman–Crippen LogP) is 0.403. The number of anilines is 1. The van der Waals surface area contributed by atoms with Crippen molar-refractivity contribution in [3.05, 3.63) is 6.20 Å². The molecule has 0 radical (unpaired) electrons. The van der Waals surface area contributed by atoms with E-state index in [1.54, 1.807) is 7.05 Å². The lowest BCUT2D eigenvalue weighted by Crippen LogP contribution is -2.35. The maximum Gasteiger partial charge on any atom is 0.245 e. The van der Waals surface area contributed by atoms with Crippen molar-refractivity contribution in [1.29, 1.82) is 0 Å². The molecule has 8 heteroatoms. The van der Waals surface area contributed by atoms with E-state index in [1.165, 1.54) is 23.7 Å². The fourth-order valence-corrected chi connectivity index (χ4v) is 3.74. The Morgan fingerprint density at radius 3 is 2.67 bits per heavy atom. The van der Waals surface area contributed by atoms with Crippen LogP contribution in [0.4, 0.5) is 5.82 Å². The van der Waals surface area contributed by atoms with E-state index in [4.69, 9.17) is 5.73 Å². The Bertz CT molecular complexity index is 561. The maximum atomic E-state index is 12.1. The number of rotatable bonds is 6. The standard InChI is InChI=1S/C13H25N5O2S/c1-11-4-8-18(9-5-11)7-3-6-15-21(19,20)12-10-17(2)16-13(12)14/h10-11,15H,3-9H2,1-2H3,(H2,14,16). The van der Waals surface area contributed by atoms with E-state index >= 15 is 0 Å². The van der Waals surface area contributed by atoms with Gasteiger partial charge in [0.25, 0.3) is 0 Å². The third-order valence-electron chi connectivity index (χ3n) is 3.93. The van der Waals surface area contributed by atoms with Gasteiger partial charge in [0.2, 0.25) is 10.0 Å². The summed E-state index contributed by atoms with van der Waals surface area (Å²) in [5.74, 6) is 0.850. The van der Waals surface area contributed by atoms with Crippen LogP contribution in [0.25, 0.3) is 0 Å². The molecule has 1 aromatic rings. The second-order valence-electron chi connectivity index (χ2n) is 5.83. The molecule has 0 saturated carbocycles. The SMILES string of the molecule is CC1CCN(CCCNS(=O)(=O)c2cn(C)nc2N)CC1. The number of piperidine rings is 1. The summed E-state index contributed by atoms with van der Waals surface area (Å²) in [6.07, 6.45) is 4.69. The summed E-state index contributed by atoms with van der Waals surface area (Å²) in [5, 5.41) is 3.85. The number of aryl methyl sites for hydroxylation is 1. The Morgan fingerprint density at radius 1 is 1.43 bits per heavy atom. The highest BCUT2D eigenvalue weighted by Gasteiger charge is 2.20. The number of sulfonamides is 1. The highest BCUT2D eigenvalue weighted by molar-refractivity contribution is 7.89. The molecule has 21 heavy (non-hydrogen) atoms. The van der Waals surface area contributed by atoms with Gasteiger partial charge in [-0.25, -0.2) is 13.1 Å². The first-order valence-electron chi connectivity index (χ1n) is 7.39. The van der Waals surface area contributed by atoms with Crippen molar-refractivity contribution >= 4 is 15.8 Å². The monoisotopic (exact) mass is 315 g/mol. The minimum Gasteiger partial charge on any atom is -0.381 e. The fraction of sp³-hybridized carbons (Fsp3) is 0.769. The molecule has 3 N–H and O–H groups in total. The van der Waals surface area contributed by atoms with Crippen LogP contribution >= 0.6 is 0 Å². The third kappa shape index (κ3) is 4.42. The first kappa shape index (κ1) is 16.3. The minimum atomic E-state index is -3.56. The highest BCUT2D eigenvalue weighted by Crippen LogP contribution is 2.16. The molecule has 120 valence electrons. The zero-order valence-corrected chi connectivity index (χ0v) is 13.6. The number of aromatic nitrogens is 2. The molecule has 2 rings (SSSR count). The van der Waals surface area contributed by atoms with Crippen molar-refractivity contribution < 1.29 is 8.42 Å². The molecule has 1 aromatic heterocycles. The third-order valence-corrected chi connectivity index (χ3v) is 5.41. The van der Waals surface area contributed by atoms with E-state index in [2.05, 4.69) is 21.6 Å². The van der Waals surface area contributed by atoms with Gasteiger partial charge in [-0.05, 0) is 44.8 Å². The number of hydrogen-bond acceptors (Lipinski definition) is 5. The van der Waals surface area contributed by atoms with Gasteiger partial charge >= 0.3 is 0 Å². The molecule has 0 bridgehead atoms. The molecular weight excluding hydrogens is 290 g/mol. The molecule has 0 aromatic carbocycles. The lowest BCUT2D eigenvalue weighted by atomic mass is 9.99. The summed E-state index contributed by atoms with van der Waals surface area (Å²) in [4.78, 5) is 2.45. The van der Waals surface area contributed by atoms with Gasteiger partial charge in [0.15, 0.2) is 5.82 Å². The molecule has 7 nitrogen and oxygen atoms in total. The topological polar surface area (TPSA) is 93.2 Å². The molecule has 1 aliphatic rings. The van der Waals surface area contributed by atoms with Crippen LogP contribution < -0.4 is 10.5 Å². The average Bonchev–Trinajstić information content (AvgIpc) is 2.77. The molecule has 1 aliphatic heterocycles. The minimum absolute atomic E-state index is 0.0371. The molecule has 0 atom stereocenters. The molecule has 2 heterocycles. The summed E-state index contributed by atoms with van der Waals surface area (Å²) in [7, 11) is -1.91. The van der Waals surface area contributed by atoms with Crippen LogP contribution in [-0.4, -0.2) is 49.3 Å². The van der Waals surface area contributed by atoms with Crippen molar-refractivity contribution in [2.75, 3.05) is 31.9 Å². The molecule has 0 spiro atoms. The van der Waals surface area contributed by atoms with Crippen molar-refractivity contribution in [1.82, 2.24) is 19.4 Å². The number of nitrogen functional groups attached to an aromatic ring is 1. The average molecular weight is 315 g/mol. The van der Waals surface area contributed by atoms with Crippen molar-refractivity contribution in [3.63, 3.8) is 0 Å². The van der Waals surface area contributed by atoms with Crippen LogP contribution in [0.1, 0.15) is 26.2 Å². The Hall–Kier alpha value is -1.12. The summed E-state index contributed by atoms with van der Waals surface area (Å²) >= 11 is 0. The quantitative estimate of drug-likeness (QED) is 0.741.